The molecule has 1 aliphatic rings. The van der Waals surface area contributed by atoms with Crippen molar-refractivity contribution in [3.8, 4) is 0 Å². The Bertz CT molecular complexity index is 1070. The highest BCUT2D eigenvalue weighted by Gasteiger charge is 2.38. The van der Waals surface area contributed by atoms with Crippen LogP contribution in [-0.2, 0) is 24.2 Å². The van der Waals surface area contributed by atoms with E-state index in [4.69, 9.17) is 4.74 Å². The summed E-state index contributed by atoms with van der Waals surface area (Å²) in [7, 11) is -3.82. The maximum absolute atomic E-state index is 12.7. The van der Waals surface area contributed by atoms with E-state index in [0.717, 1.165) is 11.8 Å². The molecular formula is C21H23N3O6S2. The molecule has 1 heterocycles. The van der Waals surface area contributed by atoms with Crippen LogP contribution in [-0.4, -0.2) is 55.9 Å². The number of ether oxygens (including phenoxy) is 1. The smallest absolute Gasteiger partial charge is 0.338 e. The van der Waals surface area contributed by atoms with Crippen LogP contribution in [0.5, 0.6) is 0 Å². The number of anilines is 1. The summed E-state index contributed by atoms with van der Waals surface area (Å²) in [6.07, 6.45) is 0. The number of carbonyl (C=O) groups is 3. The minimum absolute atomic E-state index is 0.0215. The number of nitrogens with one attached hydrogen (secondary N) is 3. The van der Waals surface area contributed by atoms with Crippen molar-refractivity contribution in [1.29, 1.82) is 0 Å². The number of thioether (sulfide) groups is 1. The SMILES string of the molecule is CCOC(=O)c1ccc(NC(=O)CSC2NCC(S(=O)(=O)c3ccccc3)C(=O)N2)cc1. The molecule has 1 aliphatic heterocycles. The molecule has 2 atom stereocenters. The fourth-order valence-corrected chi connectivity index (χ4v) is 5.30. The van der Waals surface area contributed by atoms with E-state index in [1.54, 1.807) is 49.4 Å². The number of hydrogen-bond acceptors (Lipinski definition) is 8. The van der Waals surface area contributed by atoms with Gasteiger partial charge in [-0.05, 0) is 43.3 Å². The van der Waals surface area contributed by atoms with Crippen LogP contribution in [0.3, 0.4) is 0 Å². The van der Waals surface area contributed by atoms with E-state index >= 15 is 0 Å². The van der Waals surface area contributed by atoms with Crippen molar-refractivity contribution in [2.24, 2.45) is 0 Å². The van der Waals surface area contributed by atoms with Gasteiger partial charge in [0, 0.05) is 12.2 Å². The lowest BCUT2D eigenvalue weighted by atomic mass is 10.2. The standard InChI is InChI=1S/C21H23N3O6S2/c1-2-30-20(27)14-8-10-15(11-9-14)23-18(25)13-31-21-22-12-17(19(26)24-21)32(28,29)16-6-4-3-5-7-16/h3-11,17,21-22H,2,12-13H2,1H3,(H,23,25)(H,24,26). The zero-order valence-corrected chi connectivity index (χ0v) is 18.9. The number of benzene rings is 2. The van der Waals surface area contributed by atoms with Crippen molar-refractivity contribution in [2.45, 2.75) is 22.6 Å². The summed E-state index contributed by atoms with van der Waals surface area (Å²) in [5.41, 5.74) is 0.299. The Morgan fingerprint density at radius 1 is 1.12 bits per heavy atom. The van der Waals surface area contributed by atoms with E-state index in [1.807, 2.05) is 0 Å². The third kappa shape index (κ3) is 5.87. The molecule has 1 fully saturated rings. The molecule has 3 rings (SSSR count). The molecule has 0 aromatic heterocycles. The summed E-state index contributed by atoms with van der Waals surface area (Å²) >= 11 is 1.13. The Labute approximate surface area is 190 Å². The third-order valence-electron chi connectivity index (χ3n) is 4.56. The number of hydrogen-bond donors (Lipinski definition) is 3. The van der Waals surface area contributed by atoms with E-state index in [9.17, 15) is 22.8 Å². The van der Waals surface area contributed by atoms with Crippen molar-refractivity contribution in [1.82, 2.24) is 10.6 Å². The summed E-state index contributed by atoms with van der Waals surface area (Å²) in [4.78, 5) is 36.4. The van der Waals surface area contributed by atoms with Crippen molar-refractivity contribution in [3.63, 3.8) is 0 Å². The summed E-state index contributed by atoms with van der Waals surface area (Å²) in [6, 6.07) is 14.1. The molecule has 0 radical (unpaired) electrons. The van der Waals surface area contributed by atoms with Crippen LogP contribution in [0.4, 0.5) is 5.69 Å². The third-order valence-corrected chi connectivity index (χ3v) is 7.67. The van der Waals surface area contributed by atoms with Crippen LogP contribution in [0.15, 0.2) is 59.5 Å². The Hall–Kier alpha value is -2.89. The molecule has 2 unspecified atom stereocenters. The largest absolute Gasteiger partial charge is 0.462 e. The van der Waals surface area contributed by atoms with Gasteiger partial charge in [-0.2, -0.15) is 0 Å². The number of amides is 2. The molecule has 9 nitrogen and oxygen atoms in total. The molecular weight excluding hydrogens is 454 g/mol. The lowest BCUT2D eigenvalue weighted by Gasteiger charge is -2.29. The molecule has 0 aliphatic carbocycles. The van der Waals surface area contributed by atoms with Crippen molar-refractivity contribution >= 4 is 45.1 Å². The van der Waals surface area contributed by atoms with E-state index in [0.29, 0.717) is 11.3 Å². The number of carbonyl (C=O) groups excluding carboxylic acids is 3. The van der Waals surface area contributed by atoms with Crippen LogP contribution in [0, 0.1) is 0 Å². The molecule has 2 amide bonds. The Morgan fingerprint density at radius 3 is 2.44 bits per heavy atom. The molecule has 170 valence electrons. The van der Waals surface area contributed by atoms with Gasteiger partial charge < -0.3 is 15.4 Å². The average molecular weight is 478 g/mol. The lowest BCUT2D eigenvalue weighted by Crippen LogP contribution is -2.59. The van der Waals surface area contributed by atoms with Gasteiger partial charge in [0.15, 0.2) is 15.1 Å². The Kier molecular flexibility index (Phi) is 7.89. The topological polar surface area (TPSA) is 131 Å². The maximum Gasteiger partial charge on any atom is 0.338 e. The average Bonchev–Trinajstić information content (AvgIpc) is 2.79. The van der Waals surface area contributed by atoms with Gasteiger partial charge in [0.2, 0.25) is 11.8 Å². The van der Waals surface area contributed by atoms with Crippen LogP contribution >= 0.6 is 11.8 Å². The van der Waals surface area contributed by atoms with Crippen LogP contribution < -0.4 is 16.0 Å². The van der Waals surface area contributed by atoms with Gasteiger partial charge >= 0.3 is 5.97 Å². The van der Waals surface area contributed by atoms with Crippen molar-refractivity contribution < 1.29 is 27.5 Å². The van der Waals surface area contributed by atoms with Gasteiger partial charge in [-0.15, -0.1) is 11.8 Å². The normalized spacial score (nSPS) is 18.5. The van der Waals surface area contributed by atoms with Crippen molar-refractivity contribution in [3.05, 3.63) is 60.2 Å². The maximum atomic E-state index is 12.7. The van der Waals surface area contributed by atoms with Gasteiger partial charge in [0.25, 0.3) is 0 Å². The molecule has 0 saturated carbocycles. The minimum Gasteiger partial charge on any atom is -0.462 e. The summed E-state index contributed by atoms with van der Waals surface area (Å²) in [5.74, 6) is -1.34. The molecule has 0 bridgehead atoms. The summed E-state index contributed by atoms with van der Waals surface area (Å²) < 4.78 is 30.3. The predicted octanol–water partition coefficient (Wildman–Crippen LogP) is 1.38. The lowest BCUT2D eigenvalue weighted by molar-refractivity contribution is -0.122. The first-order valence-corrected chi connectivity index (χ1v) is 12.4. The van der Waals surface area contributed by atoms with Gasteiger partial charge in [-0.3, -0.25) is 14.9 Å². The first-order valence-electron chi connectivity index (χ1n) is 9.82. The Balaban J connectivity index is 1.48. The van der Waals surface area contributed by atoms with Crippen LogP contribution in [0.2, 0.25) is 0 Å². The molecule has 2 aromatic rings. The zero-order chi connectivity index (χ0) is 23.1. The first kappa shape index (κ1) is 23.8. The fourth-order valence-electron chi connectivity index (χ4n) is 2.97. The number of esters is 1. The second-order valence-corrected chi connectivity index (χ2v) is 10.0. The fraction of sp³-hybridized carbons (Fsp3) is 0.286. The second kappa shape index (κ2) is 10.6. The zero-order valence-electron chi connectivity index (χ0n) is 17.2. The van der Waals surface area contributed by atoms with Gasteiger partial charge in [-0.25, -0.2) is 13.2 Å². The highest BCUT2D eigenvalue weighted by Crippen LogP contribution is 2.20. The summed E-state index contributed by atoms with van der Waals surface area (Å²) in [5, 5.41) is 7.00. The predicted molar refractivity (Wildman–Crippen MR) is 121 cm³/mol. The number of rotatable bonds is 8. The molecule has 3 N–H and O–H groups in total. The molecule has 0 spiro atoms. The monoisotopic (exact) mass is 477 g/mol. The van der Waals surface area contributed by atoms with Gasteiger partial charge in [0.05, 0.1) is 22.8 Å². The van der Waals surface area contributed by atoms with E-state index in [-0.39, 0.29) is 29.7 Å². The molecule has 32 heavy (non-hydrogen) atoms. The second-order valence-electron chi connectivity index (χ2n) is 6.80. The molecule has 2 aromatic carbocycles. The van der Waals surface area contributed by atoms with E-state index < -0.39 is 32.5 Å². The highest BCUT2D eigenvalue weighted by atomic mass is 32.2. The van der Waals surface area contributed by atoms with E-state index in [1.165, 1.54) is 12.1 Å². The van der Waals surface area contributed by atoms with Crippen molar-refractivity contribution in [2.75, 3.05) is 24.2 Å². The van der Waals surface area contributed by atoms with Gasteiger partial charge in [0.1, 0.15) is 5.50 Å². The van der Waals surface area contributed by atoms with Crippen LogP contribution in [0.1, 0.15) is 17.3 Å². The summed E-state index contributed by atoms with van der Waals surface area (Å²) in [6.45, 7) is 1.94. The van der Waals surface area contributed by atoms with E-state index in [2.05, 4.69) is 16.0 Å². The molecule has 11 heteroatoms. The first-order chi connectivity index (χ1) is 15.3. The number of sulfone groups is 1. The Morgan fingerprint density at radius 2 is 1.81 bits per heavy atom. The highest BCUT2D eigenvalue weighted by molar-refractivity contribution is 8.00. The van der Waals surface area contributed by atoms with Gasteiger partial charge in [-0.1, -0.05) is 18.2 Å². The molecule has 1 saturated heterocycles. The minimum atomic E-state index is -3.82. The van der Waals surface area contributed by atoms with Crippen LogP contribution in [0.25, 0.3) is 0 Å². The quantitative estimate of drug-likeness (QED) is 0.486.